The smallest absolute Gasteiger partial charge is 0.164 e. The molecule has 0 saturated carbocycles. The molecule has 0 amide bonds. The Labute approximate surface area is 367 Å². The number of aromatic nitrogens is 3. The van der Waals surface area contributed by atoms with Gasteiger partial charge in [-0.15, -0.1) is 0 Å². The molecule has 296 valence electrons. The summed E-state index contributed by atoms with van der Waals surface area (Å²) in [6.07, 6.45) is 0. The van der Waals surface area contributed by atoms with E-state index in [0.29, 0.717) is 17.5 Å². The summed E-state index contributed by atoms with van der Waals surface area (Å²) in [4.78, 5) is 15.9. The van der Waals surface area contributed by atoms with Crippen LogP contribution in [0.15, 0.2) is 212 Å². The van der Waals surface area contributed by atoms with Gasteiger partial charge in [0.05, 0.1) is 0 Å². The molecule has 0 unspecified atom stereocenters. The Morgan fingerprint density at radius 2 is 0.857 bits per heavy atom. The largest absolute Gasteiger partial charge is 0.208 e. The van der Waals surface area contributed by atoms with Gasteiger partial charge in [0, 0.05) is 22.1 Å². The van der Waals surface area contributed by atoms with Crippen molar-refractivity contribution in [3.8, 4) is 78.7 Å². The number of hydrogen-bond donors (Lipinski definition) is 0. The number of nitrogens with zero attached hydrogens (tertiary/aromatic N) is 3. The van der Waals surface area contributed by atoms with Crippen LogP contribution in [0.3, 0.4) is 0 Å². The fourth-order valence-electron chi connectivity index (χ4n) is 10.1. The molecular weight excluding hydrogens is 763 g/mol. The van der Waals surface area contributed by atoms with Gasteiger partial charge in [-0.05, 0) is 100 Å². The zero-order chi connectivity index (χ0) is 42.1. The van der Waals surface area contributed by atoms with Gasteiger partial charge in [0.15, 0.2) is 17.5 Å². The highest BCUT2D eigenvalue weighted by atomic mass is 15.0. The molecule has 10 aromatic carbocycles. The van der Waals surface area contributed by atoms with E-state index in [1.807, 2.05) is 6.07 Å². The van der Waals surface area contributed by atoms with E-state index in [4.69, 9.17) is 15.0 Å². The first kappa shape index (κ1) is 36.8. The van der Waals surface area contributed by atoms with E-state index < -0.39 is 0 Å². The second-order valence-electron chi connectivity index (χ2n) is 17.1. The van der Waals surface area contributed by atoms with Crippen molar-refractivity contribution >= 4 is 32.3 Å². The molecule has 0 bridgehead atoms. The van der Waals surface area contributed by atoms with E-state index in [2.05, 4.69) is 220 Å². The van der Waals surface area contributed by atoms with Crippen molar-refractivity contribution in [2.45, 2.75) is 19.3 Å². The highest BCUT2D eigenvalue weighted by Gasteiger charge is 2.37. The molecule has 0 radical (unpaired) electrons. The molecule has 63 heavy (non-hydrogen) atoms. The third-order valence-corrected chi connectivity index (χ3v) is 13.1. The van der Waals surface area contributed by atoms with Gasteiger partial charge < -0.3 is 0 Å². The van der Waals surface area contributed by atoms with Crippen molar-refractivity contribution in [2.24, 2.45) is 0 Å². The zero-order valence-electron chi connectivity index (χ0n) is 35.0. The summed E-state index contributed by atoms with van der Waals surface area (Å²) >= 11 is 0. The predicted octanol–water partition coefficient (Wildman–Crippen LogP) is 15.6. The van der Waals surface area contributed by atoms with E-state index >= 15 is 0 Å². The Morgan fingerprint density at radius 3 is 1.67 bits per heavy atom. The topological polar surface area (TPSA) is 38.7 Å². The monoisotopic (exact) mass is 803 g/mol. The molecule has 0 atom stereocenters. The van der Waals surface area contributed by atoms with Crippen LogP contribution in [-0.4, -0.2) is 15.0 Å². The highest BCUT2D eigenvalue weighted by molar-refractivity contribution is 6.20. The van der Waals surface area contributed by atoms with Gasteiger partial charge in [-0.25, -0.2) is 15.0 Å². The minimum atomic E-state index is -0.187. The van der Waals surface area contributed by atoms with E-state index in [0.717, 1.165) is 38.9 Å². The quantitative estimate of drug-likeness (QED) is 0.124. The Balaban J connectivity index is 1.04. The summed E-state index contributed by atoms with van der Waals surface area (Å²) in [5, 5.41) is 7.44. The molecule has 0 N–H and O–H groups in total. The fraction of sp³-hybridized carbons (Fsp3) is 0.0500. The minimum Gasteiger partial charge on any atom is -0.208 e. The molecule has 12 rings (SSSR count). The molecule has 1 aliphatic rings. The Morgan fingerprint density at radius 1 is 0.302 bits per heavy atom. The van der Waals surface area contributed by atoms with Crippen LogP contribution in [0, 0.1) is 0 Å². The predicted molar refractivity (Wildman–Crippen MR) is 263 cm³/mol. The number of rotatable bonds is 6. The number of fused-ring (bicyclic) bond motifs is 7. The number of hydrogen-bond acceptors (Lipinski definition) is 3. The molecule has 3 nitrogen and oxygen atoms in total. The summed E-state index contributed by atoms with van der Waals surface area (Å²) in [6, 6.07) is 76.2. The van der Waals surface area contributed by atoms with E-state index in [9.17, 15) is 0 Å². The maximum Gasteiger partial charge on any atom is 0.164 e. The molecule has 0 saturated heterocycles. The summed E-state index contributed by atoms with van der Waals surface area (Å²) in [5.41, 5.74) is 14.8. The Hall–Kier alpha value is -8.01. The molecule has 1 heterocycles. The van der Waals surface area contributed by atoms with Crippen LogP contribution in [0.5, 0.6) is 0 Å². The molecule has 0 spiro atoms. The lowest BCUT2D eigenvalue weighted by molar-refractivity contribution is 0.662. The summed E-state index contributed by atoms with van der Waals surface area (Å²) in [6.45, 7) is 4.69. The standard InChI is InChI=1S/C60H41N3/c1-60(2)54-29-13-12-25-48(54)51-28-15-27-50(56(51)60)47-24-10-11-26-52(47)59-62-57(61-58(63-59)44-21-14-20-42(36-44)38-16-4-3-5-17-38)41-32-30-40(31-33-41)55-46-23-9-7-19-43(46)37-53-45-22-8-6-18-39(45)34-35-49(53)55/h3-37H,1-2H3. The van der Waals surface area contributed by atoms with Crippen LogP contribution >= 0.6 is 0 Å². The third kappa shape index (κ3) is 6.07. The fourth-order valence-corrected chi connectivity index (χ4v) is 10.1. The molecule has 0 fully saturated rings. The van der Waals surface area contributed by atoms with Crippen molar-refractivity contribution in [1.29, 1.82) is 0 Å². The third-order valence-electron chi connectivity index (χ3n) is 13.1. The second-order valence-corrected chi connectivity index (χ2v) is 17.1. The Kier molecular flexibility index (Phi) is 8.52. The van der Waals surface area contributed by atoms with Gasteiger partial charge in [-0.3, -0.25) is 0 Å². The average molecular weight is 804 g/mol. The second kappa shape index (κ2) is 14.6. The van der Waals surface area contributed by atoms with Crippen molar-refractivity contribution in [3.63, 3.8) is 0 Å². The van der Waals surface area contributed by atoms with Crippen molar-refractivity contribution < 1.29 is 0 Å². The minimum absolute atomic E-state index is 0.187. The molecule has 1 aromatic heterocycles. The van der Waals surface area contributed by atoms with Crippen molar-refractivity contribution in [1.82, 2.24) is 15.0 Å². The van der Waals surface area contributed by atoms with Crippen molar-refractivity contribution in [3.05, 3.63) is 223 Å². The van der Waals surface area contributed by atoms with Gasteiger partial charge in [0.25, 0.3) is 0 Å². The maximum atomic E-state index is 5.35. The molecular formula is C60H41N3. The first-order valence-electron chi connectivity index (χ1n) is 21.7. The SMILES string of the molecule is CC1(C)c2ccccc2-c2cccc(-c3ccccc3-c3nc(-c4ccc(-c5c6ccccc6cc6c5ccc5ccccc56)cc4)nc(-c4cccc(-c5ccccc5)c4)n3)c21. The van der Waals surface area contributed by atoms with Crippen molar-refractivity contribution in [2.75, 3.05) is 0 Å². The summed E-state index contributed by atoms with van der Waals surface area (Å²) < 4.78 is 0. The van der Waals surface area contributed by atoms with Gasteiger partial charge in [-0.2, -0.15) is 0 Å². The number of benzene rings is 10. The van der Waals surface area contributed by atoms with Crippen LogP contribution in [0.2, 0.25) is 0 Å². The van der Waals surface area contributed by atoms with Gasteiger partial charge in [0.2, 0.25) is 0 Å². The van der Waals surface area contributed by atoms with Crippen LogP contribution in [0.1, 0.15) is 25.0 Å². The maximum absolute atomic E-state index is 5.35. The molecule has 11 aromatic rings. The normalized spacial score (nSPS) is 12.7. The van der Waals surface area contributed by atoms with E-state index in [-0.39, 0.29) is 5.41 Å². The summed E-state index contributed by atoms with van der Waals surface area (Å²) in [5.74, 6) is 1.89. The lowest BCUT2D eigenvalue weighted by Crippen LogP contribution is -2.16. The average Bonchev–Trinajstić information content (AvgIpc) is 3.59. The zero-order valence-corrected chi connectivity index (χ0v) is 35.0. The lowest BCUT2D eigenvalue weighted by Gasteiger charge is -2.25. The van der Waals surface area contributed by atoms with E-state index in [1.165, 1.54) is 65.7 Å². The molecule has 3 heteroatoms. The van der Waals surface area contributed by atoms with Crippen LogP contribution in [0.4, 0.5) is 0 Å². The van der Waals surface area contributed by atoms with Gasteiger partial charge in [0.1, 0.15) is 0 Å². The molecule has 0 aliphatic heterocycles. The molecule has 1 aliphatic carbocycles. The lowest BCUT2D eigenvalue weighted by atomic mass is 9.78. The van der Waals surface area contributed by atoms with E-state index in [1.54, 1.807) is 0 Å². The summed E-state index contributed by atoms with van der Waals surface area (Å²) in [7, 11) is 0. The van der Waals surface area contributed by atoms with Gasteiger partial charge >= 0.3 is 0 Å². The first-order valence-corrected chi connectivity index (χ1v) is 21.7. The van der Waals surface area contributed by atoms with Gasteiger partial charge in [-0.1, -0.05) is 214 Å². The first-order chi connectivity index (χ1) is 31.0. The highest BCUT2D eigenvalue weighted by Crippen LogP contribution is 2.53. The Bertz CT molecular complexity index is 3590. The van der Waals surface area contributed by atoms with Crippen LogP contribution < -0.4 is 0 Å². The van der Waals surface area contributed by atoms with Crippen LogP contribution in [-0.2, 0) is 5.41 Å². The van der Waals surface area contributed by atoms with Crippen LogP contribution in [0.25, 0.3) is 111 Å².